The number of halogens is 1. The first-order chi connectivity index (χ1) is 13.1. The Balaban J connectivity index is 1.83. The molecule has 1 fully saturated rings. The largest absolute Gasteiger partial charge is 0.465 e. The first-order valence-corrected chi connectivity index (χ1v) is 9.81. The summed E-state index contributed by atoms with van der Waals surface area (Å²) >= 11 is 1.83. The highest BCUT2D eigenvalue weighted by molar-refractivity contribution is 7.99. The third kappa shape index (κ3) is 4.80. The highest BCUT2D eigenvalue weighted by Crippen LogP contribution is 2.22. The van der Waals surface area contributed by atoms with Crippen molar-refractivity contribution in [1.29, 1.82) is 0 Å². The Labute approximate surface area is 162 Å². The lowest BCUT2D eigenvalue weighted by Gasteiger charge is -2.33. The number of hydrogen-bond donors (Lipinski definition) is 0. The van der Waals surface area contributed by atoms with Gasteiger partial charge in [-0.2, -0.15) is 11.8 Å². The third-order valence-electron chi connectivity index (χ3n) is 4.37. The number of urea groups is 1. The monoisotopic (exact) mass is 388 g/mol. The Morgan fingerprint density at radius 1 is 1.07 bits per heavy atom. The number of benzene rings is 2. The van der Waals surface area contributed by atoms with Crippen molar-refractivity contribution in [3.05, 3.63) is 65.5 Å². The maximum absolute atomic E-state index is 13.3. The van der Waals surface area contributed by atoms with Crippen molar-refractivity contribution in [2.75, 3.05) is 36.6 Å². The quantitative estimate of drug-likeness (QED) is 0.748. The molecule has 0 aliphatic carbocycles. The minimum atomic E-state index is -0.404. The van der Waals surface area contributed by atoms with Crippen LogP contribution in [0.15, 0.2) is 48.5 Å². The van der Waals surface area contributed by atoms with Crippen molar-refractivity contribution in [2.45, 2.75) is 6.54 Å². The number of thioether (sulfide) groups is 1. The van der Waals surface area contributed by atoms with Gasteiger partial charge >= 0.3 is 12.0 Å². The van der Waals surface area contributed by atoms with E-state index in [-0.39, 0.29) is 11.8 Å². The second-order valence-electron chi connectivity index (χ2n) is 6.13. The number of methoxy groups -OCH3 is 1. The molecule has 27 heavy (non-hydrogen) atoms. The molecule has 0 atom stereocenters. The van der Waals surface area contributed by atoms with Gasteiger partial charge in [0.1, 0.15) is 5.82 Å². The molecule has 0 spiro atoms. The molecule has 1 heterocycles. The van der Waals surface area contributed by atoms with Crippen LogP contribution < -0.4 is 4.90 Å². The third-order valence-corrected chi connectivity index (χ3v) is 5.31. The van der Waals surface area contributed by atoms with Crippen LogP contribution in [0.25, 0.3) is 0 Å². The van der Waals surface area contributed by atoms with Gasteiger partial charge < -0.3 is 9.64 Å². The van der Waals surface area contributed by atoms with Gasteiger partial charge in [-0.15, -0.1) is 0 Å². The minimum absolute atomic E-state index is 0.0982. The molecule has 0 unspecified atom stereocenters. The summed E-state index contributed by atoms with van der Waals surface area (Å²) in [6.07, 6.45) is 0. The molecule has 0 N–H and O–H groups in total. The van der Waals surface area contributed by atoms with E-state index < -0.39 is 5.97 Å². The lowest BCUT2D eigenvalue weighted by molar-refractivity contribution is 0.0600. The van der Waals surface area contributed by atoms with Crippen molar-refractivity contribution in [2.24, 2.45) is 0 Å². The van der Waals surface area contributed by atoms with Gasteiger partial charge in [-0.05, 0) is 42.0 Å². The fraction of sp³-hybridized carbons (Fsp3) is 0.300. The van der Waals surface area contributed by atoms with Crippen LogP contribution in [0.3, 0.4) is 0 Å². The minimum Gasteiger partial charge on any atom is -0.465 e. The van der Waals surface area contributed by atoms with Gasteiger partial charge in [0.15, 0.2) is 0 Å². The topological polar surface area (TPSA) is 49.9 Å². The van der Waals surface area contributed by atoms with Crippen LogP contribution in [0.4, 0.5) is 14.9 Å². The number of carbonyl (C=O) groups excluding carboxylic acids is 2. The van der Waals surface area contributed by atoms with Crippen molar-refractivity contribution < 1.29 is 18.7 Å². The Morgan fingerprint density at radius 3 is 2.30 bits per heavy atom. The van der Waals surface area contributed by atoms with E-state index in [9.17, 15) is 14.0 Å². The van der Waals surface area contributed by atoms with E-state index >= 15 is 0 Å². The van der Waals surface area contributed by atoms with Gasteiger partial charge in [-0.25, -0.2) is 14.0 Å². The van der Waals surface area contributed by atoms with Gasteiger partial charge in [0.25, 0.3) is 0 Å². The Morgan fingerprint density at radius 2 is 1.70 bits per heavy atom. The number of esters is 1. The number of anilines is 1. The molecule has 1 aliphatic heterocycles. The average Bonchev–Trinajstić information content (AvgIpc) is 2.73. The van der Waals surface area contributed by atoms with Crippen LogP contribution in [0.1, 0.15) is 15.9 Å². The Bertz CT molecular complexity index is 790. The van der Waals surface area contributed by atoms with Gasteiger partial charge in [0.05, 0.1) is 19.2 Å². The molecule has 0 bridgehead atoms. The lowest BCUT2D eigenvalue weighted by Crippen LogP contribution is -2.46. The normalized spacial score (nSPS) is 13.9. The molecule has 5 nitrogen and oxygen atoms in total. The molecule has 1 saturated heterocycles. The van der Waals surface area contributed by atoms with Crippen molar-refractivity contribution >= 4 is 29.4 Å². The Hall–Kier alpha value is -2.54. The summed E-state index contributed by atoms with van der Waals surface area (Å²) in [5.41, 5.74) is 1.96. The van der Waals surface area contributed by atoms with E-state index in [0.29, 0.717) is 30.9 Å². The van der Waals surface area contributed by atoms with E-state index in [1.54, 1.807) is 41.3 Å². The molecular weight excluding hydrogens is 367 g/mol. The number of carbonyl (C=O) groups is 2. The molecule has 0 radical (unpaired) electrons. The van der Waals surface area contributed by atoms with E-state index in [4.69, 9.17) is 4.74 Å². The average molecular weight is 388 g/mol. The van der Waals surface area contributed by atoms with E-state index in [0.717, 1.165) is 17.1 Å². The molecule has 2 aromatic rings. The molecule has 0 saturated carbocycles. The van der Waals surface area contributed by atoms with Gasteiger partial charge in [0.2, 0.25) is 0 Å². The fourth-order valence-electron chi connectivity index (χ4n) is 2.86. The summed E-state index contributed by atoms with van der Waals surface area (Å²) in [7, 11) is 1.34. The van der Waals surface area contributed by atoms with Crippen molar-refractivity contribution in [1.82, 2.24) is 4.90 Å². The predicted octanol–water partition coefficient (Wildman–Crippen LogP) is 3.79. The number of hydrogen-bond acceptors (Lipinski definition) is 4. The predicted molar refractivity (Wildman–Crippen MR) is 105 cm³/mol. The fourth-order valence-corrected chi connectivity index (χ4v) is 3.77. The maximum atomic E-state index is 13.3. The smallest absolute Gasteiger partial charge is 0.337 e. The van der Waals surface area contributed by atoms with Crippen LogP contribution in [-0.2, 0) is 11.3 Å². The first kappa shape index (κ1) is 19.2. The zero-order valence-corrected chi connectivity index (χ0v) is 15.9. The van der Waals surface area contributed by atoms with Crippen LogP contribution in [0.5, 0.6) is 0 Å². The molecule has 3 rings (SSSR count). The highest BCUT2D eigenvalue weighted by atomic mass is 32.2. The standard InChI is InChI=1S/C20H21FN2O3S/c1-26-19(24)16-4-2-15(3-5-16)14-23(18-8-6-17(21)7-9-18)20(25)22-10-12-27-13-11-22/h2-9H,10-14H2,1H3. The molecular formula is C20H21FN2O3S. The van der Waals surface area contributed by atoms with Gasteiger partial charge in [-0.1, -0.05) is 12.1 Å². The first-order valence-electron chi connectivity index (χ1n) is 8.65. The summed E-state index contributed by atoms with van der Waals surface area (Å²) in [5.74, 6) is 1.08. The van der Waals surface area contributed by atoms with Gasteiger partial charge in [0, 0.05) is 30.3 Å². The van der Waals surface area contributed by atoms with E-state index in [2.05, 4.69) is 0 Å². The van der Waals surface area contributed by atoms with Crippen LogP contribution in [0, 0.1) is 5.82 Å². The van der Waals surface area contributed by atoms with Gasteiger partial charge in [-0.3, -0.25) is 4.90 Å². The number of nitrogens with zero attached hydrogens (tertiary/aromatic N) is 2. The zero-order chi connectivity index (χ0) is 19.2. The van der Waals surface area contributed by atoms with Crippen LogP contribution in [-0.4, -0.2) is 48.6 Å². The molecule has 7 heteroatoms. The Kier molecular flexibility index (Phi) is 6.34. The molecule has 142 valence electrons. The number of rotatable bonds is 4. The second kappa shape index (κ2) is 8.90. The summed E-state index contributed by atoms with van der Waals surface area (Å²) in [5, 5.41) is 0. The SMILES string of the molecule is COC(=O)c1ccc(CN(C(=O)N2CCSCC2)c2ccc(F)cc2)cc1. The van der Waals surface area contributed by atoms with Crippen LogP contribution >= 0.6 is 11.8 Å². The second-order valence-corrected chi connectivity index (χ2v) is 7.36. The number of amides is 2. The zero-order valence-electron chi connectivity index (χ0n) is 15.1. The highest BCUT2D eigenvalue weighted by Gasteiger charge is 2.24. The summed E-state index contributed by atoms with van der Waals surface area (Å²) in [6, 6.07) is 12.7. The molecule has 0 aromatic heterocycles. The summed E-state index contributed by atoms with van der Waals surface area (Å²) in [6.45, 7) is 1.72. The van der Waals surface area contributed by atoms with E-state index in [1.165, 1.54) is 19.2 Å². The lowest BCUT2D eigenvalue weighted by atomic mass is 10.1. The van der Waals surface area contributed by atoms with Crippen molar-refractivity contribution in [3.8, 4) is 0 Å². The molecule has 2 aromatic carbocycles. The molecule has 2 amide bonds. The summed E-state index contributed by atoms with van der Waals surface area (Å²) in [4.78, 5) is 28.1. The maximum Gasteiger partial charge on any atom is 0.337 e. The van der Waals surface area contributed by atoms with Crippen molar-refractivity contribution in [3.63, 3.8) is 0 Å². The number of ether oxygens (including phenoxy) is 1. The molecule has 1 aliphatic rings. The summed E-state index contributed by atoms with van der Waals surface area (Å²) < 4.78 is 18.0. The van der Waals surface area contributed by atoms with Crippen LogP contribution in [0.2, 0.25) is 0 Å². The van der Waals surface area contributed by atoms with E-state index in [1.807, 2.05) is 16.7 Å².